The van der Waals surface area contributed by atoms with E-state index in [1.54, 1.807) is 25.4 Å². The molecule has 0 saturated heterocycles. The molecular weight excluding hydrogens is 210 g/mol. The molecule has 0 fully saturated rings. The van der Waals surface area contributed by atoms with Gasteiger partial charge in [-0.3, -0.25) is 0 Å². The number of nitrogens with one attached hydrogen (secondary N) is 1. The molecule has 0 saturated carbocycles. The Labute approximate surface area is 95.1 Å². The molecular formula is C11H19NO2S. The third-order valence-electron chi connectivity index (χ3n) is 2.67. The van der Waals surface area contributed by atoms with E-state index in [0.717, 1.165) is 17.2 Å². The highest BCUT2D eigenvalue weighted by atomic mass is 32.1. The second-order valence-electron chi connectivity index (χ2n) is 4.16. The van der Waals surface area contributed by atoms with Crippen molar-refractivity contribution in [2.45, 2.75) is 39.0 Å². The smallest absolute Gasteiger partial charge is 0.134 e. The third-order valence-corrected chi connectivity index (χ3v) is 3.58. The Hall–Kier alpha value is -0.580. The highest BCUT2D eigenvalue weighted by Gasteiger charge is 2.23. The molecule has 1 aromatic rings. The number of ether oxygens (including phenoxy) is 1. The Morgan fingerprint density at radius 2 is 2.27 bits per heavy atom. The summed E-state index contributed by atoms with van der Waals surface area (Å²) in [6.45, 7) is 6.48. The minimum Gasteiger partial charge on any atom is -0.496 e. The SMILES string of the molecule is COc1ccsc1CNC(C)(C)C(C)O. The number of thiophene rings is 1. The summed E-state index contributed by atoms with van der Waals surface area (Å²) in [6.07, 6.45) is -0.386. The molecule has 1 rings (SSSR count). The fraction of sp³-hybridized carbons (Fsp3) is 0.636. The molecule has 1 aromatic heterocycles. The zero-order chi connectivity index (χ0) is 11.5. The van der Waals surface area contributed by atoms with Crippen molar-refractivity contribution in [2.24, 2.45) is 0 Å². The van der Waals surface area contributed by atoms with Crippen molar-refractivity contribution in [3.8, 4) is 5.75 Å². The maximum Gasteiger partial charge on any atom is 0.134 e. The van der Waals surface area contributed by atoms with Gasteiger partial charge in [-0.05, 0) is 32.2 Å². The molecule has 86 valence electrons. The number of methoxy groups -OCH3 is 1. The summed E-state index contributed by atoms with van der Waals surface area (Å²) < 4.78 is 5.22. The van der Waals surface area contributed by atoms with E-state index in [9.17, 15) is 5.11 Å². The van der Waals surface area contributed by atoms with Gasteiger partial charge in [0.25, 0.3) is 0 Å². The van der Waals surface area contributed by atoms with Gasteiger partial charge < -0.3 is 15.2 Å². The Balaban J connectivity index is 2.57. The lowest BCUT2D eigenvalue weighted by atomic mass is 9.99. The summed E-state index contributed by atoms with van der Waals surface area (Å²) in [5.41, 5.74) is -0.283. The summed E-state index contributed by atoms with van der Waals surface area (Å²) in [6, 6.07) is 1.96. The molecule has 0 spiro atoms. The van der Waals surface area contributed by atoms with Gasteiger partial charge in [0.15, 0.2) is 0 Å². The van der Waals surface area contributed by atoms with Crippen molar-refractivity contribution in [1.82, 2.24) is 5.32 Å². The predicted octanol–water partition coefficient (Wildman–Crippen LogP) is 2.01. The molecule has 0 amide bonds. The average molecular weight is 229 g/mol. The zero-order valence-electron chi connectivity index (χ0n) is 9.70. The van der Waals surface area contributed by atoms with E-state index in [4.69, 9.17) is 4.74 Å². The Kier molecular flexibility index (Phi) is 4.13. The second kappa shape index (κ2) is 4.96. The summed E-state index contributed by atoms with van der Waals surface area (Å²) in [4.78, 5) is 1.16. The van der Waals surface area contributed by atoms with Gasteiger partial charge in [0.05, 0.1) is 18.1 Å². The van der Waals surface area contributed by atoms with Crippen molar-refractivity contribution in [1.29, 1.82) is 0 Å². The molecule has 4 heteroatoms. The van der Waals surface area contributed by atoms with Crippen LogP contribution < -0.4 is 10.1 Å². The van der Waals surface area contributed by atoms with Crippen molar-refractivity contribution >= 4 is 11.3 Å². The lowest BCUT2D eigenvalue weighted by Crippen LogP contribution is -2.47. The summed E-state index contributed by atoms with van der Waals surface area (Å²) in [5.74, 6) is 0.911. The van der Waals surface area contributed by atoms with Gasteiger partial charge in [0.2, 0.25) is 0 Å². The molecule has 0 aliphatic rings. The largest absolute Gasteiger partial charge is 0.496 e. The second-order valence-corrected chi connectivity index (χ2v) is 5.16. The summed E-state index contributed by atoms with van der Waals surface area (Å²) >= 11 is 1.66. The normalized spacial score (nSPS) is 13.9. The van der Waals surface area contributed by atoms with E-state index in [1.807, 2.05) is 25.3 Å². The predicted molar refractivity (Wildman–Crippen MR) is 63.5 cm³/mol. The molecule has 1 heterocycles. The number of hydrogen-bond acceptors (Lipinski definition) is 4. The van der Waals surface area contributed by atoms with Crippen LogP contribution in [0.2, 0.25) is 0 Å². The van der Waals surface area contributed by atoms with Crippen LogP contribution in [-0.2, 0) is 6.54 Å². The van der Waals surface area contributed by atoms with Gasteiger partial charge in [-0.15, -0.1) is 11.3 Å². The van der Waals surface area contributed by atoms with Crippen LogP contribution in [0.5, 0.6) is 5.75 Å². The first-order valence-electron chi connectivity index (χ1n) is 5.01. The summed E-state index contributed by atoms with van der Waals surface area (Å²) in [7, 11) is 1.67. The molecule has 0 aromatic carbocycles. The molecule has 1 atom stereocenters. The van der Waals surface area contributed by atoms with Crippen LogP contribution in [0.25, 0.3) is 0 Å². The number of aliphatic hydroxyl groups is 1. The van der Waals surface area contributed by atoms with Crippen molar-refractivity contribution in [3.63, 3.8) is 0 Å². The first kappa shape index (κ1) is 12.5. The Bertz CT molecular complexity index is 307. The minimum atomic E-state index is -0.386. The number of aliphatic hydroxyl groups excluding tert-OH is 1. The fourth-order valence-corrected chi connectivity index (χ4v) is 1.87. The van der Waals surface area contributed by atoms with Crippen LogP contribution in [0.3, 0.4) is 0 Å². The molecule has 1 unspecified atom stereocenters. The summed E-state index contributed by atoms with van der Waals surface area (Å²) in [5, 5.41) is 14.9. The van der Waals surface area contributed by atoms with E-state index in [-0.39, 0.29) is 11.6 Å². The van der Waals surface area contributed by atoms with E-state index < -0.39 is 0 Å². The van der Waals surface area contributed by atoms with Crippen LogP contribution in [0, 0.1) is 0 Å². The Morgan fingerprint density at radius 1 is 1.60 bits per heavy atom. The van der Waals surface area contributed by atoms with Gasteiger partial charge >= 0.3 is 0 Å². The zero-order valence-corrected chi connectivity index (χ0v) is 10.5. The van der Waals surface area contributed by atoms with Gasteiger partial charge in [-0.2, -0.15) is 0 Å². The maximum atomic E-state index is 9.54. The van der Waals surface area contributed by atoms with Crippen LogP contribution in [0.1, 0.15) is 25.6 Å². The molecule has 3 nitrogen and oxygen atoms in total. The van der Waals surface area contributed by atoms with Gasteiger partial charge in [0.1, 0.15) is 5.75 Å². The lowest BCUT2D eigenvalue weighted by molar-refractivity contribution is 0.0957. The number of rotatable bonds is 5. The highest BCUT2D eigenvalue weighted by Crippen LogP contribution is 2.25. The van der Waals surface area contributed by atoms with Crippen LogP contribution in [-0.4, -0.2) is 23.9 Å². The topological polar surface area (TPSA) is 41.5 Å². The van der Waals surface area contributed by atoms with Gasteiger partial charge in [-0.25, -0.2) is 0 Å². The molecule has 0 aliphatic heterocycles. The fourth-order valence-electron chi connectivity index (χ4n) is 1.10. The van der Waals surface area contributed by atoms with Crippen molar-refractivity contribution < 1.29 is 9.84 Å². The van der Waals surface area contributed by atoms with Crippen LogP contribution >= 0.6 is 11.3 Å². The first-order chi connectivity index (χ1) is 6.97. The average Bonchev–Trinajstić information content (AvgIpc) is 2.61. The van der Waals surface area contributed by atoms with Crippen molar-refractivity contribution in [2.75, 3.05) is 7.11 Å². The molecule has 0 aliphatic carbocycles. The Morgan fingerprint density at radius 3 is 2.80 bits per heavy atom. The first-order valence-corrected chi connectivity index (χ1v) is 5.89. The van der Waals surface area contributed by atoms with Crippen LogP contribution in [0.15, 0.2) is 11.4 Å². The van der Waals surface area contributed by atoms with Crippen molar-refractivity contribution in [3.05, 3.63) is 16.3 Å². The highest BCUT2D eigenvalue weighted by molar-refractivity contribution is 7.10. The lowest BCUT2D eigenvalue weighted by Gasteiger charge is -2.29. The van der Waals surface area contributed by atoms with Gasteiger partial charge in [0, 0.05) is 12.1 Å². The van der Waals surface area contributed by atoms with Gasteiger partial charge in [-0.1, -0.05) is 0 Å². The molecule has 0 bridgehead atoms. The third kappa shape index (κ3) is 3.19. The molecule has 0 radical (unpaired) electrons. The van der Waals surface area contributed by atoms with E-state index in [2.05, 4.69) is 5.32 Å². The van der Waals surface area contributed by atoms with Crippen LogP contribution in [0.4, 0.5) is 0 Å². The minimum absolute atomic E-state index is 0.283. The maximum absolute atomic E-state index is 9.54. The van der Waals surface area contributed by atoms with E-state index >= 15 is 0 Å². The number of hydrogen-bond donors (Lipinski definition) is 2. The standard InChI is InChI=1S/C11H19NO2S/c1-8(13)11(2,3)12-7-10-9(14-4)5-6-15-10/h5-6,8,12-13H,7H2,1-4H3. The molecule has 2 N–H and O–H groups in total. The quantitative estimate of drug-likeness (QED) is 0.811. The van der Waals surface area contributed by atoms with E-state index in [1.165, 1.54) is 0 Å². The monoisotopic (exact) mass is 229 g/mol. The van der Waals surface area contributed by atoms with E-state index in [0.29, 0.717) is 0 Å². The molecule has 15 heavy (non-hydrogen) atoms.